The summed E-state index contributed by atoms with van der Waals surface area (Å²) in [4.78, 5) is 20.5. The summed E-state index contributed by atoms with van der Waals surface area (Å²) >= 11 is 1.40. The van der Waals surface area contributed by atoms with Gasteiger partial charge in [-0.25, -0.2) is 9.97 Å². The summed E-state index contributed by atoms with van der Waals surface area (Å²) in [6.45, 7) is 3.66. The van der Waals surface area contributed by atoms with Crippen LogP contribution in [0.1, 0.15) is 21.9 Å². The van der Waals surface area contributed by atoms with E-state index in [1.165, 1.54) is 11.3 Å². The third kappa shape index (κ3) is 2.34. The Morgan fingerprint density at radius 3 is 2.89 bits per heavy atom. The van der Waals surface area contributed by atoms with Gasteiger partial charge in [-0.3, -0.25) is 10.1 Å². The van der Waals surface area contributed by atoms with Gasteiger partial charge in [0, 0.05) is 17.9 Å². The van der Waals surface area contributed by atoms with Crippen molar-refractivity contribution in [2.75, 3.05) is 5.32 Å². The van der Waals surface area contributed by atoms with Crippen molar-refractivity contribution in [3.05, 3.63) is 40.7 Å². The smallest absolute Gasteiger partial charge is 0.257 e. The highest BCUT2D eigenvalue weighted by molar-refractivity contribution is 7.13. The maximum absolute atomic E-state index is 12.1. The fourth-order valence-corrected chi connectivity index (χ4v) is 2.45. The lowest BCUT2D eigenvalue weighted by atomic mass is 10.2. The highest BCUT2D eigenvalue weighted by Gasteiger charge is 2.11. The first-order chi connectivity index (χ1) is 9.11. The van der Waals surface area contributed by atoms with E-state index in [1.54, 1.807) is 25.1 Å². The molecule has 5 nitrogen and oxygen atoms in total. The second kappa shape index (κ2) is 4.47. The molecule has 0 spiro atoms. The SMILES string of the molecule is Cc1csc(NC(=O)c2ccc3oc(C)nc3c2)n1. The molecule has 0 fully saturated rings. The summed E-state index contributed by atoms with van der Waals surface area (Å²) in [5.41, 5.74) is 2.79. The lowest BCUT2D eigenvalue weighted by molar-refractivity contribution is 0.102. The van der Waals surface area contributed by atoms with Crippen LogP contribution >= 0.6 is 11.3 Å². The van der Waals surface area contributed by atoms with E-state index < -0.39 is 0 Å². The van der Waals surface area contributed by atoms with E-state index in [1.807, 2.05) is 12.3 Å². The molecule has 3 rings (SSSR count). The Morgan fingerprint density at radius 1 is 1.32 bits per heavy atom. The van der Waals surface area contributed by atoms with Gasteiger partial charge in [-0.05, 0) is 25.1 Å². The first-order valence-electron chi connectivity index (χ1n) is 5.72. The number of fused-ring (bicyclic) bond motifs is 1. The Morgan fingerprint density at radius 2 is 2.16 bits per heavy atom. The van der Waals surface area contributed by atoms with E-state index in [0.717, 1.165) is 5.69 Å². The van der Waals surface area contributed by atoms with E-state index >= 15 is 0 Å². The van der Waals surface area contributed by atoms with Gasteiger partial charge in [0.05, 0.1) is 5.69 Å². The van der Waals surface area contributed by atoms with Crippen molar-refractivity contribution < 1.29 is 9.21 Å². The fourth-order valence-electron chi connectivity index (χ4n) is 1.76. The molecule has 2 heterocycles. The molecule has 96 valence electrons. The number of nitrogens with zero attached hydrogens (tertiary/aromatic N) is 2. The Bertz CT molecular complexity index is 760. The van der Waals surface area contributed by atoms with Gasteiger partial charge in [-0.15, -0.1) is 11.3 Å². The lowest BCUT2D eigenvalue weighted by Gasteiger charge is -2.00. The summed E-state index contributed by atoms with van der Waals surface area (Å²) in [7, 11) is 0. The number of oxazole rings is 1. The number of aromatic nitrogens is 2. The largest absolute Gasteiger partial charge is 0.441 e. The average molecular weight is 273 g/mol. The number of hydrogen-bond acceptors (Lipinski definition) is 5. The summed E-state index contributed by atoms with van der Waals surface area (Å²) in [6.07, 6.45) is 0. The monoisotopic (exact) mass is 273 g/mol. The van der Waals surface area contributed by atoms with Gasteiger partial charge in [0.2, 0.25) is 0 Å². The normalized spacial score (nSPS) is 10.8. The summed E-state index contributed by atoms with van der Waals surface area (Å²) in [5.74, 6) is 0.389. The van der Waals surface area contributed by atoms with E-state index in [4.69, 9.17) is 4.42 Å². The maximum Gasteiger partial charge on any atom is 0.257 e. The average Bonchev–Trinajstić information content (AvgIpc) is 2.93. The number of aryl methyl sites for hydroxylation is 2. The number of carbonyl (C=O) groups excluding carboxylic acids is 1. The first-order valence-corrected chi connectivity index (χ1v) is 6.60. The van der Waals surface area contributed by atoms with E-state index in [9.17, 15) is 4.79 Å². The molecule has 0 radical (unpaired) electrons. The molecule has 1 aromatic carbocycles. The number of nitrogens with one attached hydrogen (secondary N) is 1. The molecule has 0 aliphatic carbocycles. The molecular weight excluding hydrogens is 262 g/mol. The molecule has 0 saturated heterocycles. The minimum Gasteiger partial charge on any atom is -0.441 e. The highest BCUT2D eigenvalue weighted by Crippen LogP contribution is 2.19. The second-order valence-electron chi connectivity index (χ2n) is 4.16. The number of hydrogen-bond donors (Lipinski definition) is 1. The van der Waals surface area contributed by atoms with Crippen molar-refractivity contribution in [3.8, 4) is 0 Å². The van der Waals surface area contributed by atoms with Crippen LogP contribution in [0.4, 0.5) is 5.13 Å². The molecule has 19 heavy (non-hydrogen) atoms. The van der Waals surface area contributed by atoms with E-state index in [0.29, 0.717) is 27.7 Å². The van der Waals surface area contributed by atoms with Gasteiger partial charge in [-0.2, -0.15) is 0 Å². The molecule has 1 N–H and O–H groups in total. The number of thiazole rings is 1. The van der Waals surface area contributed by atoms with Crippen molar-refractivity contribution in [3.63, 3.8) is 0 Å². The molecule has 0 aliphatic rings. The number of benzene rings is 1. The number of anilines is 1. The second-order valence-corrected chi connectivity index (χ2v) is 5.02. The first kappa shape index (κ1) is 11.9. The Hall–Kier alpha value is -2.21. The molecule has 0 unspecified atom stereocenters. The van der Waals surface area contributed by atoms with Crippen LogP contribution in [-0.2, 0) is 0 Å². The van der Waals surface area contributed by atoms with Gasteiger partial charge in [0.25, 0.3) is 5.91 Å². The van der Waals surface area contributed by atoms with Crippen LogP contribution in [-0.4, -0.2) is 15.9 Å². The molecular formula is C13H11N3O2S. The van der Waals surface area contributed by atoms with Gasteiger partial charge >= 0.3 is 0 Å². The fraction of sp³-hybridized carbons (Fsp3) is 0.154. The summed E-state index contributed by atoms with van der Waals surface area (Å²) in [5, 5.41) is 5.25. The van der Waals surface area contributed by atoms with Crippen LogP contribution in [0.15, 0.2) is 28.0 Å². The van der Waals surface area contributed by atoms with Gasteiger partial charge < -0.3 is 4.42 Å². The minimum atomic E-state index is -0.197. The van der Waals surface area contributed by atoms with Crippen LogP contribution < -0.4 is 5.32 Å². The maximum atomic E-state index is 12.1. The molecule has 1 amide bonds. The Balaban J connectivity index is 1.88. The predicted octanol–water partition coefficient (Wildman–Crippen LogP) is 3.15. The zero-order valence-corrected chi connectivity index (χ0v) is 11.2. The third-order valence-corrected chi connectivity index (χ3v) is 3.47. The molecule has 3 aromatic rings. The van der Waals surface area contributed by atoms with Crippen LogP contribution in [0.25, 0.3) is 11.1 Å². The van der Waals surface area contributed by atoms with Crippen LogP contribution in [0, 0.1) is 13.8 Å². The van der Waals surface area contributed by atoms with Crippen molar-refractivity contribution >= 4 is 33.5 Å². The molecule has 0 aliphatic heterocycles. The van der Waals surface area contributed by atoms with Crippen LogP contribution in [0.3, 0.4) is 0 Å². The Labute approximate surface area is 113 Å². The quantitative estimate of drug-likeness (QED) is 0.778. The third-order valence-electron chi connectivity index (χ3n) is 2.60. The molecule has 0 atom stereocenters. The molecule has 0 saturated carbocycles. The minimum absolute atomic E-state index is 0.197. The molecule has 2 aromatic heterocycles. The van der Waals surface area contributed by atoms with Crippen molar-refractivity contribution in [1.82, 2.24) is 9.97 Å². The topological polar surface area (TPSA) is 68.0 Å². The summed E-state index contributed by atoms with van der Waals surface area (Å²) in [6, 6.07) is 5.17. The highest BCUT2D eigenvalue weighted by atomic mass is 32.1. The van der Waals surface area contributed by atoms with Gasteiger partial charge in [-0.1, -0.05) is 0 Å². The predicted molar refractivity (Wildman–Crippen MR) is 73.6 cm³/mol. The van der Waals surface area contributed by atoms with Crippen molar-refractivity contribution in [2.24, 2.45) is 0 Å². The Kier molecular flexibility index (Phi) is 2.79. The van der Waals surface area contributed by atoms with E-state index in [2.05, 4.69) is 15.3 Å². The van der Waals surface area contributed by atoms with Crippen molar-refractivity contribution in [2.45, 2.75) is 13.8 Å². The van der Waals surface area contributed by atoms with E-state index in [-0.39, 0.29) is 5.91 Å². The number of rotatable bonds is 2. The van der Waals surface area contributed by atoms with Crippen LogP contribution in [0.5, 0.6) is 0 Å². The van der Waals surface area contributed by atoms with Gasteiger partial charge in [0.1, 0.15) is 5.52 Å². The lowest BCUT2D eigenvalue weighted by Crippen LogP contribution is -2.11. The van der Waals surface area contributed by atoms with Crippen molar-refractivity contribution in [1.29, 1.82) is 0 Å². The zero-order chi connectivity index (χ0) is 13.4. The zero-order valence-electron chi connectivity index (χ0n) is 10.4. The summed E-state index contributed by atoms with van der Waals surface area (Å²) < 4.78 is 5.37. The van der Waals surface area contributed by atoms with Gasteiger partial charge in [0.15, 0.2) is 16.6 Å². The van der Waals surface area contributed by atoms with Crippen LogP contribution in [0.2, 0.25) is 0 Å². The molecule has 6 heteroatoms. The molecule has 0 bridgehead atoms. The standard InChI is InChI=1S/C13H11N3O2S/c1-7-6-19-13(14-7)16-12(17)9-3-4-11-10(5-9)15-8(2)18-11/h3-6H,1-2H3,(H,14,16,17). The number of carbonyl (C=O) groups is 1. The number of amides is 1.